The van der Waals surface area contributed by atoms with Gasteiger partial charge in [0.2, 0.25) is 0 Å². The number of hydrogen-bond donors (Lipinski definition) is 0. The zero-order valence-corrected chi connectivity index (χ0v) is 17.6. The maximum Gasteiger partial charge on any atom is 0.0531 e. The fraction of sp³-hybridized carbons (Fsp3) is 1.00. The van der Waals surface area contributed by atoms with Gasteiger partial charge in [0.1, 0.15) is 0 Å². The molecule has 0 nitrogen and oxygen atoms in total. The Morgan fingerprint density at radius 3 is 2.09 bits per heavy atom. The van der Waals surface area contributed by atoms with Crippen molar-refractivity contribution in [3.8, 4) is 0 Å². The van der Waals surface area contributed by atoms with Gasteiger partial charge in [-0.25, -0.2) is 0 Å². The van der Waals surface area contributed by atoms with E-state index in [0.717, 1.165) is 16.4 Å². The molecule has 0 aromatic carbocycles. The monoisotopic (exact) mass is 356 g/mol. The third-order valence-electron chi connectivity index (χ3n) is 6.07. The van der Waals surface area contributed by atoms with Crippen LogP contribution in [-0.4, -0.2) is 16.1 Å². The Labute approximate surface area is 154 Å². The third kappa shape index (κ3) is 6.84. The lowest BCUT2D eigenvalue weighted by Crippen LogP contribution is -2.33. The fourth-order valence-electron chi connectivity index (χ4n) is 4.29. The van der Waals surface area contributed by atoms with Gasteiger partial charge in [-0.1, -0.05) is 78.6 Å². The van der Waals surface area contributed by atoms with E-state index in [0.29, 0.717) is 5.41 Å². The molecule has 0 bridgehead atoms. The largest absolute Gasteiger partial charge is 0.147 e. The Morgan fingerprint density at radius 2 is 1.48 bits per heavy atom. The quantitative estimate of drug-likeness (QED) is 0.387. The SMILES string of the molecule is CCCCCCC1CCC(C2SCC(C)(CCCC)CS2)CC1. The first-order valence-electron chi connectivity index (χ1n) is 10.4. The molecule has 2 rings (SSSR count). The van der Waals surface area contributed by atoms with Crippen LogP contribution in [0.15, 0.2) is 0 Å². The van der Waals surface area contributed by atoms with Crippen LogP contribution in [0.4, 0.5) is 0 Å². The average molecular weight is 357 g/mol. The number of rotatable bonds is 9. The minimum absolute atomic E-state index is 0.623. The summed E-state index contributed by atoms with van der Waals surface area (Å²) < 4.78 is 0.922. The second kappa shape index (κ2) is 10.6. The van der Waals surface area contributed by atoms with Crippen molar-refractivity contribution in [2.75, 3.05) is 11.5 Å². The Morgan fingerprint density at radius 1 is 0.826 bits per heavy atom. The summed E-state index contributed by atoms with van der Waals surface area (Å²) in [4.78, 5) is 0. The molecule has 0 unspecified atom stereocenters. The van der Waals surface area contributed by atoms with Gasteiger partial charge in [0.15, 0.2) is 0 Å². The van der Waals surface area contributed by atoms with Crippen molar-refractivity contribution in [2.24, 2.45) is 17.3 Å². The van der Waals surface area contributed by atoms with Crippen LogP contribution in [0.5, 0.6) is 0 Å². The second-order valence-electron chi connectivity index (χ2n) is 8.53. The molecule has 1 saturated carbocycles. The minimum atomic E-state index is 0.623. The molecule has 0 atom stereocenters. The van der Waals surface area contributed by atoms with Crippen molar-refractivity contribution >= 4 is 23.5 Å². The van der Waals surface area contributed by atoms with E-state index in [1.165, 1.54) is 88.6 Å². The normalized spacial score (nSPS) is 35.3. The van der Waals surface area contributed by atoms with Crippen molar-refractivity contribution in [1.82, 2.24) is 0 Å². The van der Waals surface area contributed by atoms with Crippen LogP contribution < -0.4 is 0 Å². The van der Waals surface area contributed by atoms with Gasteiger partial charge in [-0.05, 0) is 36.5 Å². The molecule has 23 heavy (non-hydrogen) atoms. The van der Waals surface area contributed by atoms with Gasteiger partial charge >= 0.3 is 0 Å². The molecular formula is C21H40S2. The first kappa shape index (κ1) is 20.0. The average Bonchev–Trinajstić information content (AvgIpc) is 2.58. The van der Waals surface area contributed by atoms with Gasteiger partial charge in [0.05, 0.1) is 4.58 Å². The van der Waals surface area contributed by atoms with Crippen LogP contribution in [0.25, 0.3) is 0 Å². The van der Waals surface area contributed by atoms with Crippen molar-refractivity contribution < 1.29 is 0 Å². The summed E-state index contributed by atoms with van der Waals surface area (Å²) >= 11 is 4.63. The van der Waals surface area contributed by atoms with Gasteiger partial charge < -0.3 is 0 Å². The van der Waals surface area contributed by atoms with Crippen LogP contribution in [-0.2, 0) is 0 Å². The highest BCUT2D eigenvalue weighted by Crippen LogP contribution is 2.49. The number of hydrogen-bond acceptors (Lipinski definition) is 2. The Balaban J connectivity index is 1.63. The molecule has 0 amide bonds. The highest BCUT2D eigenvalue weighted by molar-refractivity contribution is 8.17. The predicted octanol–water partition coefficient (Wildman–Crippen LogP) is 7.77. The van der Waals surface area contributed by atoms with E-state index in [1.54, 1.807) is 0 Å². The van der Waals surface area contributed by atoms with Gasteiger partial charge in [0, 0.05) is 11.5 Å². The lowest BCUT2D eigenvalue weighted by molar-refractivity contribution is 0.268. The van der Waals surface area contributed by atoms with E-state index in [9.17, 15) is 0 Å². The summed E-state index contributed by atoms with van der Waals surface area (Å²) in [5.41, 5.74) is 0.623. The molecule has 136 valence electrons. The Bertz CT molecular complexity index is 299. The van der Waals surface area contributed by atoms with Gasteiger partial charge in [-0.2, -0.15) is 0 Å². The molecular weight excluding hydrogens is 316 g/mol. The first-order valence-corrected chi connectivity index (χ1v) is 12.5. The topological polar surface area (TPSA) is 0 Å². The molecule has 2 fully saturated rings. The molecule has 0 aromatic heterocycles. The van der Waals surface area contributed by atoms with Crippen LogP contribution >= 0.6 is 23.5 Å². The highest BCUT2D eigenvalue weighted by atomic mass is 32.2. The van der Waals surface area contributed by atoms with Crippen LogP contribution in [0.1, 0.15) is 97.8 Å². The molecule has 0 radical (unpaired) electrons. The number of thioether (sulfide) groups is 2. The van der Waals surface area contributed by atoms with Crippen molar-refractivity contribution in [1.29, 1.82) is 0 Å². The predicted molar refractivity (Wildman–Crippen MR) is 111 cm³/mol. The lowest BCUT2D eigenvalue weighted by atomic mass is 9.80. The molecule has 2 heteroatoms. The highest BCUT2D eigenvalue weighted by Gasteiger charge is 2.36. The van der Waals surface area contributed by atoms with Crippen LogP contribution in [0.2, 0.25) is 0 Å². The van der Waals surface area contributed by atoms with E-state index < -0.39 is 0 Å². The fourth-order valence-corrected chi connectivity index (χ4v) is 7.92. The Kier molecular flexibility index (Phi) is 9.26. The zero-order valence-electron chi connectivity index (χ0n) is 15.9. The molecule has 0 aromatic rings. The van der Waals surface area contributed by atoms with Crippen molar-refractivity contribution in [3.63, 3.8) is 0 Å². The van der Waals surface area contributed by atoms with E-state index >= 15 is 0 Å². The van der Waals surface area contributed by atoms with Crippen LogP contribution in [0.3, 0.4) is 0 Å². The maximum absolute atomic E-state index is 2.53. The van der Waals surface area contributed by atoms with Crippen molar-refractivity contribution in [2.45, 2.75) is 102 Å². The summed E-state index contributed by atoms with van der Waals surface area (Å²) in [6.45, 7) is 7.18. The maximum atomic E-state index is 2.53. The standard InChI is InChI=1S/C21H40S2/c1-4-6-8-9-10-18-11-13-19(14-12-18)20-22-16-21(3,17-23-20)15-7-5-2/h18-20H,4-17H2,1-3H3. The molecule has 0 N–H and O–H groups in total. The van der Waals surface area contributed by atoms with E-state index in [1.807, 2.05) is 0 Å². The van der Waals surface area contributed by atoms with Crippen LogP contribution in [0, 0.1) is 17.3 Å². The molecule has 1 heterocycles. The Hall–Kier alpha value is 0.700. The summed E-state index contributed by atoms with van der Waals surface area (Å²) in [5.74, 6) is 4.92. The van der Waals surface area contributed by atoms with Gasteiger partial charge in [-0.3, -0.25) is 0 Å². The van der Waals surface area contributed by atoms with E-state index in [4.69, 9.17) is 0 Å². The number of unbranched alkanes of at least 4 members (excludes halogenated alkanes) is 4. The van der Waals surface area contributed by atoms with Gasteiger partial charge in [0.25, 0.3) is 0 Å². The summed E-state index contributed by atoms with van der Waals surface area (Å²) in [7, 11) is 0. The van der Waals surface area contributed by atoms with E-state index in [2.05, 4.69) is 44.3 Å². The second-order valence-corrected chi connectivity index (χ2v) is 11.1. The molecule has 2 aliphatic rings. The third-order valence-corrected chi connectivity index (χ3v) is 10.0. The summed E-state index contributed by atoms with van der Waals surface area (Å²) in [5, 5.41) is 0. The van der Waals surface area contributed by atoms with Gasteiger partial charge in [-0.15, -0.1) is 23.5 Å². The smallest absolute Gasteiger partial charge is 0.0531 e. The molecule has 1 aliphatic carbocycles. The first-order chi connectivity index (χ1) is 11.2. The minimum Gasteiger partial charge on any atom is -0.147 e. The zero-order chi connectivity index (χ0) is 16.5. The molecule has 1 aliphatic heterocycles. The summed E-state index contributed by atoms with van der Waals surface area (Å²) in [6, 6.07) is 0. The molecule has 0 spiro atoms. The van der Waals surface area contributed by atoms with Crippen molar-refractivity contribution in [3.05, 3.63) is 0 Å². The van der Waals surface area contributed by atoms with E-state index in [-0.39, 0.29) is 0 Å². The lowest BCUT2D eigenvalue weighted by Gasteiger charge is -2.41. The summed E-state index contributed by atoms with van der Waals surface area (Å²) in [6.07, 6.45) is 17.6. The molecule has 1 saturated heterocycles.